The van der Waals surface area contributed by atoms with Crippen LogP contribution >= 0.6 is 0 Å². The zero-order valence-corrected chi connectivity index (χ0v) is 17.9. The first-order valence-electron chi connectivity index (χ1n) is 9.47. The molecule has 0 N–H and O–H groups in total. The highest BCUT2D eigenvalue weighted by atomic mass is 32.2. The maximum atomic E-state index is 13.2. The van der Waals surface area contributed by atoms with Gasteiger partial charge in [0, 0.05) is 12.6 Å². The highest BCUT2D eigenvalue weighted by Crippen LogP contribution is 2.30. The fourth-order valence-corrected chi connectivity index (χ4v) is 4.63. The van der Waals surface area contributed by atoms with Crippen molar-refractivity contribution in [3.8, 4) is 17.1 Å². The number of rotatable bonds is 8. The molecule has 0 aliphatic heterocycles. The van der Waals surface area contributed by atoms with Gasteiger partial charge in [-0.15, -0.1) is 0 Å². The molecule has 0 bridgehead atoms. The van der Waals surface area contributed by atoms with Crippen LogP contribution in [0.1, 0.15) is 25.1 Å². The van der Waals surface area contributed by atoms with Gasteiger partial charge in [0.05, 0.1) is 29.8 Å². The third-order valence-corrected chi connectivity index (χ3v) is 6.32. The van der Waals surface area contributed by atoms with Crippen LogP contribution < -0.4 is 4.74 Å². The Labute approximate surface area is 172 Å². The van der Waals surface area contributed by atoms with Crippen molar-refractivity contribution in [1.82, 2.24) is 9.46 Å². The predicted molar refractivity (Wildman–Crippen MR) is 112 cm³/mol. The second-order valence-corrected chi connectivity index (χ2v) is 9.33. The van der Waals surface area contributed by atoms with Crippen molar-refractivity contribution in [1.29, 1.82) is 0 Å². The van der Waals surface area contributed by atoms with E-state index in [4.69, 9.17) is 9.26 Å². The van der Waals surface area contributed by atoms with Crippen molar-refractivity contribution in [2.75, 3.05) is 13.7 Å². The van der Waals surface area contributed by atoms with E-state index >= 15 is 0 Å². The molecule has 0 spiro atoms. The van der Waals surface area contributed by atoms with Gasteiger partial charge in [-0.2, -0.15) is 4.31 Å². The molecule has 0 aliphatic carbocycles. The summed E-state index contributed by atoms with van der Waals surface area (Å²) in [5.41, 5.74) is 2.32. The summed E-state index contributed by atoms with van der Waals surface area (Å²) in [6.45, 7) is 6.42. The van der Waals surface area contributed by atoms with Gasteiger partial charge >= 0.3 is 0 Å². The molecule has 154 valence electrons. The molecule has 7 heteroatoms. The molecule has 3 aromatic rings. The second kappa shape index (κ2) is 8.80. The Bertz CT molecular complexity index is 1060. The van der Waals surface area contributed by atoms with E-state index in [1.54, 1.807) is 37.4 Å². The third kappa shape index (κ3) is 4.86. The maximum Gasteiger partial charge on any atom is 0.243 e. The molecule has 0 saturated carbocycles. The number of ether oxygens (including phenoxy) is 1. The van der Waals surface area contributed by atoms with E-state index in [9.17, 15) is 8.42 Å². The van der Waals surface area contributed by atoms with Crippen LogP contribution in [-0.4, -0.2) is 31.5 Å². The highest BCUT2D eigenvalue weighted by Gasteiger charge is 2.26. The molecule has 2 aromatic carbocycles. The summed E-state index contributed by atoms with van der Waals surface area (Å²) < 4.78 is 38.7. The normalized spacial score (nSPS) is 11.9. The zero-order chi connectivity index (χ0) is 21.0. The minimum absolute atomic E-state index is 0.132. The van der Waals surface area contributed by atoms with Crippen LogP contribution in [0.15, 0.2) is 64.0 Å². The van der Waals surface area contributed by atoms with E-state index in [-0.39, 0.29) is 17.4 Å². The highest BCUT2D eigenvalue weighted by molar-refractivity contribution is 7.89. The molecule has 0 saturated heterocycles. The predicted octanol–water partition coefficient (Wildman–Crippen LogP) is 4.51. The number of hydrogen-bond donors (Lipinski definition) is 0. The Hall–Kier alpha value is -2.64. The smallest absolute Gasteiger partial charge is 0.243 e. The lowest BCUT2D eigenvalue weighted by atomic mass is 10.1. The van der Waals surface area contributed by atoms with E-state index < -0.39 is 10.0 Å². The van der Waals surface area contributed by atoms with Crippen LogP contribution in [0.3, 0.4) is 0 Å². The molecule has 3 rings (SSSR count). The Kier molecular flexibility index (Phi) is 6.39. The van der Waals surface area contributed by atoms with Crippen molar-refractivity contribution in [3.05, 3.63) is 65.9 Å². The van der Waals surface area contributed by atoms with Crippen LogP contribution in [0.2, 0.25) is 0 Å². The van der Waals surface area contributed by atoms with Gasteiger partial charge in [-0.3, -0.25) is 0 Å². The van der Waals surface area contributed by atoms with Gasteiger partial charge in [0.15, 0.2) is 5.76 Å². The van der Waals surface area contributed by atoms with Gasteiger partial charge in [-0.1, -0.05) is 48.8 Å². The van der Waals surface area contributed by atoms with Gasteiger partial charge in [-0.05, 0) is 37.1 Å². The Morgan fingerprint density at radius 2 is 1.79 bits per heavy atom. The average molecular weight is 415 g/mol. The summed E-state index contributed by atoms with van der Waals surface area (Å²) in [4.78, 5) is 0.275. The summed E-state index contributed by atoms with van der Waals surface area (Å²) >= 11 is 0. The lowest BCUT2D eigenvalue weighted by molar-refractivity contribution is 0.345. The third-order valence-electron chi connectivity index (χ3n) is 4.50. The fourth-order valence-electron chi connectivity index (χ4n) is 3.06. The average Bonchev–Trinajstić information content (AvgIpc) is 3.16. The molecule has 0 amide bonds. The van der Waals surface area contributed by atoms with E-state index in [1.807, 2.05) is 45.0 Å². The Morgan fingerprint density at radius 3 is 2.45 bits per heavy atom. The molecule has 0 fully saturated rings. The monoisotopic (exact) mass is 414 g/mol. The first-order chi connectivity index (χ1) is 13.8. The molecule has 0 unspecified atom stereocenters. The minimum atomic E-state index is -3.65. The molecule has 6 nitrogen and oxygen atoms in total. The summed E-state index contributed by atoms with van der Waals surface area (Å²) in [5, 5.41) is 4.10. The van der Waals surface area contributed by atoms with Crippen molar-refractivity contribution in [3.63, 3.8) is 0 Å². The van der Waals surface area contributed by atoms with E-state index in [0.29, 0.717) is 23.7 Å². The summed E-state index contributed by atoms with van der Waals surface area (Å²) in [6.07, 6.45) is 0. The molecule has 1 aromatic heterocycles. The van der Waals surface area contributed by atoms with Crippen molar-refractivity contribution >= 4 is 10.0 Å². The van der Waals surface area contributed by atoms with Crippen LogP contribution in [0.5, 0.6) is 5.75 Å². The quantitative estimate of drug-likeness (QED) is 0.542. The molecular formula is C22H26N2O4S. The summed E-state index contributed by atoms with van der Waals surface area (Å²) in [6, 6.07) is 16.1. The lowest BCUT2D eigenvalue weighted by Crippen LogP contribution is -2.34. The van der Waals surface area contributed by atoms with Gasteiger partial charge in [0.2, 0.25) is 10.0 Å². The van der Waals surface area contributed by atoms with Crippen molar-refractivity contribution in [2.24, 2.45) is 5.92 Å². The zero-order valence-electron chi connectivity index (χ0n) is 17.1. The molecule has 1 heterocycles. The fraction of sp³-hybridized carbons (Fsp3) is 0.318. The largest absolute Gasteiger partial charge is 0.496 e. The first-order valence-corrected chi connectivity index (χ1v) is 10.9. The molecular weight excluding hydrogens is 388 g/mol. The molecule has 0 atom stereocenters. The number of aromatic nitrogens is 1. The van der Waals surface area contributed by atoms with E-state index in [1.165, 1.54) is 4.31 Å². The number of para-hydroxylation sites is 1. The van der Waals surface area contributed by atoms with Crippen LogP contribution in [0, 0.1) is 12.8 Å². The summed E-state index contributed by atoms with van der Waals surface area (Å²) in [7, 11) is -2.06. The molecule has 29 heavy (non-hydrogen) atoms. The Balaban J connectivity index is 1.90. The SMILES string of the molecule is COc1ccccc1-c1cc(CN(CC(C)C)S(=O)(=O)c2ccc(C)cc2)no1. The standard InChI is InChI=1S/C22H26N2O4S/c1-16(2)14-24(29(25,26)19-11-9-17(3)10-12-19)15-18-13-22(28-23-18)20-7-5-6-8-21(20)27-4/h5-13,16H,14-15H2,1-4H3. The van der Waals surface area contributed by atoms with Gasteiger partial charge in [-0.25, -0.2) is 8.42 Å². The molecule has 0 aliphatic rings. The Morgan fingerprint density at radius 1 is 1.10 bits per heavy atom. The van der Waals surface area contributed by atoms with Crippen molar-refractivity contribution in [2.45, 2.75) is 32.2 Å². The van der Waals surface area contributed by atoms with Crippen LogP contribution in [0.4, 0.5) is 0 Å². The van der Waals surface area contributed by atoms with Gasteiger partial charge < -0.3 is 9.26 Å². The topological polar surface area (TPSA) is 72.6 Å². The summed E-state index contributed by atoms with van der Waals surface area (Å²) in [5.74, 6) is 1.37. The van der Waals surface area contributed by atoms with Crippen LogP contribution in [-0.2, 0) is 16.6 Å². The lowest BCUT2D eigenvalue weighted by Gasteiger charge is -2.23. The van der Waals surface area contributed by atoms with Gasteiger partial charge in [0.25, 0.3) is 0 Å². The number of hydrogen-bond acceptors (Lipinski definition) is 5. The number of aryl methyl sites for hydroxylation is 1. The maximum absolute atomic E-state index is 13.2. The van der Waals surface area contributed by atoms with Crippen molar-refractivity contribution < 1.29 is 17.7 Å². The number of sulfonamides is 1. The number of methoxy groups -OCH3 is 1. The van der Waals surface area contributed by atoms with E-state index in [2.05, 4.69) is 5.16 Å². The molecule has 0 radical (unpaired) electrons. The minimum Gasteiger partial charge on any atom is -0.496 e. The second-order valence-electron chi connectivity index (χ2n) is 7.39. The van der Waals surface area contributed by atoms with Gasteiger partial charge in [0.1, 0.15) is 5.75 Å². The number of nitrogens with zero attached hydrogens (tertiary/aromatic N) is 2. The van der Waals surface area contributed by atoms with E-state index in [0.717, 1.165) is 11.1 Å². The number of benzene rings is 2. The first kappa shape index (κ1) is 21.1. The van der Waals surface area contributed by atoms with Crippen LogP contribution in [0.25, 0.3) is 11.3 Å².